The van der Waals surface area contributed by atoms with Crippen LogP contribution in [0.1, 0.15) is 11.4 Å². The smallest absolute Gasteiger partial charge is 0.233 e. The summed E-state index contributed by atoms with van der Waals surface area (Å²) in [6.07, 6.45) is 0. The summed E-state index contributed by atoms with van der Waals surface area (Å²) in [6, 6.07) is 6.14. The molecule has 0 saturated carbocycles. The van der Waals surface area contributed by atoms with Crippen LogP contribution in [0.15, 0.2) is 29.4 Å². The summed E-state index contributed by atoms with van der Waals surface area (Å²) in [5, 5.41) is 8.67. The first-order chi connectivity index (χ1) is 9.97. The average molecular weight is 308 g/mol. The molecule has 0 fully saturated rings. The second-order valence-electron chi connectivity index (χ2n) is 4.75. The number of carbonyl (C=O) groups excluding carboxylic acids is 1. The van der Waals surface area contributed by atoms with Crippen molar-refractivity contribution in [2.75, 3.05) is 12.8 Å². The molecule has 1 heterocycles. The lowest BCUT2D eigenvalue weighted by atomic mass is 10.2. The van der Waals surface area contributed by atoms with Crippen molar-refractivity contribution in [3.63, 3.8) is 0 Å². The van der Waals surface area contributed by atoms with Gasteiger partial charge in [0, 0.05) is 20.6 Å². The lowest BCUT2D eigenvalue weighted by molar-refractivity contribution is -0.127. The average Bonchev–Trinajstić information content (AvgIpc) is 2.78. The zero-order valence-electron chi connectivity index (χ0n) is 12.2. The predicted octanol–water partition coefficient (Wildman–Crippen LogP) is 2.01. The van der Waals surface area contributed by atoms with E-state index >= 15 is 0 Å². The third kappa shape index (κ3) is 4.04. The maximum atomic E-state index is 12.8. The fraction of sp³-hybridized carbons (Fsp3) is 0.357. The number of hydrogen-bond acceptors (Lipinski definition) is 4. The molecule has 1 aromatic carbocycles. The minimum absolute atomic E-state index is 0.00928. The molecule has 21 heavy (non-hydrogen) atoms. The SMILES string of the molecule is Cc1nnc(SCC(=O)N(C)Cc2ccc(F)cc2)n1C. The van der Waals surface area contributed by atoms with Crippen LogP contribution in [0.25, 0.3) is 0 Å². The van der Waals surface area contributed by atoms with E-state index in [9.17, 15) is 9.18 Å². The maximum Gasteiger partial charge on any atom is 0.233 e. The molecule has 0 radical (unpaired) electrons. The second kappa shape index (κ2) is 6.71. The number of thioether (sulfide) groups is 1. The molecule has 0 spiro atoms. The van der Waals surface area contributed by atoms with Crippen LogP contribution in [-0.4, -0.2) is 38.4 Å². The van der Waals surface area contributed by atoms with Gasteiger partial charge < -0.3 is 9.47 Å². The second-order valence-corrected chi connectivity index (χ2v) is 5.70. The first-order valence-corrected chi connectivity index (χ1v) is 7.43. The highest BCUT2D eigenvalue weighted by atomic mass is 32.2. The Labute approximate surface area is 127 Å². The molecule has 7 heteroatoms. The Morgan fingerprint density at radius 3 is 2.57 bits per heavy atom. The third-order valence-electron chi connectivity index (χ3n) is 3.14. The maximum absolute atomic E-state index is 12.8. The van der Waals surface area contributed by atoms with Gasteiger partial charge in [-0.3, -0.25) is 4.79 Å². The monoisotopic (exact) mass is 308 g/mol. The molecule has 0 unspecified atom stereocenters. The quantitative estimate of drug-likeness (QED) is 0.793. The van der Waals surface area contributed by atoms with Crippen molar-refractivity contribution in [1.29, 1.82) is 0 Å². The summed E-state index contributed by atoms with van der Waals surface area (Å²) in [7, 11) is 3.60. The first kappa shape index (κ1) is 15.5. The summed E-state index contributed by atoms with van der Waals surface area (Å²) in [5.41, 5.74) is 0.895. The molecule has 2 aromatic rings. The summed E-state index contributed by atoms with van der Waals surface area (Å²) >= 11 is 1.36. The molecule has 0 aliphatic heterocycles. The highest BCUT2D eigenvalue weighted by molar-refractivity contribution is 7.99. The van der Waals surface area contributed by atoms with Gasteiger partial charge in [-0.15, -0.1) is 10.2 Å². The highest BCUT2D eigenvalue weighted by Gasteiger charge is 2.13. The van der Waals surface area contributed by atoms with Gasteiger partial charge in [0.25, 0.3) is 0 Å². The topological polar surface area (TPSA) is 51.0 Å². The van der Waals surface area contributed by atoms with Gasteiger partial charge in [0.1, 0.15) is 11.6 Å². The molecule has 2 rings (SSSR count). The predicted molar refractivity (Wildman–Crippen MR) is 79.3 cm³/mol. The van der Waals surface area contributed by atoms with Crippen molar-refractivity contribution in [3.8, 4) is 0 Å². The van der Waals surface area contributed by atoms with Crippen LogP contribution < -0.4 is 0 Å². The number of halogens is 1. The van der Waals surface area contributed by atoms with E-state index in [-0.39, 0.29) is 11.7 Å². The molecule has 0 N–H and O–H groups in total. The Bertz CT molecular complexity index is 626. The zero-order chi connectivity index (χ0) is 15.4. The standard InChI is InChI=1S/C14H17FN4OS/c1-10-16-17-14(19(10)3)21-9-13(20)18(2)8-11-4-6-12(15)7-5-11/h4-7H,8-9H2,1-3H3. The summed E-state index contributed by atoms with van der Waals surface area (Å²) in [5.74, 6) is 0.819. The lowest BCUT2D eigenvalue weighted by Crippen LogP contribution is -2.27. The Morgan fingerprint density at radius 1 is 1.33 bits per heavy atom. The molecule has 1 amide bonds. The molecule has 0 bridgehead atoms. The normalized spacial score (nSPS) is 10.7. The van der Waals surface area contributed by atoms with E-state index in [1.165, 1.54) is 23.9 Å². The van der Waals surface area contributed by atoms with Crippen LogP contribution in [0.4, 0.5) is 4.39 Å². The highest BCUT2D eigenvalue weighted by Crippen LogP contribution is 2.16. The van der Waals surface area contributed by atoms with Crippen LogP contribution in [0, 0.1) is 12.7 Å². The minimum Gasteiger partial charge on any atom is -0.341 e. The Hall–Kier alpha value is -1.89. The van der Waals surface area contributed by atoms with Gasteiger partial charge in [-0.2, -0.15) is 0 Å². The number of carbonyl (C=O) groups is 1. The number of amides is 1. The van der Waals surface area contributed by atoms with Crippen molar-refractivity contribution in [1.82, 2.24) is 19.7 Å². The van der Waals surface area contributed by atoms with Gasteiger partial charge in [-0.25, -0.2) is 4.39 Å². The van der Waals surface area contributed by atoms with Crippen molar-refractivity contribution in [2.24, 2.45) is 7.05 Å². The van der Waals surface area contributed by atoms with Gasteiger partial charge in [-0.1, -0.05) is 23.9 Å². The van der Waals surface area contributed by atoms with E-state index < -0.39 is 0 Å². The van der Waals surface area contributed by atoms with Crippen LogP contribution in [0.3, 0.4) is 0 Å². The molecule has 0 atom stereocenters. The number of rotatable bonds is 5. The van der Waals surface area contributed by atoms with E-state index in [1.807, 2.05) is 18.5 Å². The van der Waals surface area contributed by atoms with E-state index in [4.69, 9.17) is 0 Å². The zero-order valence-corrected chi connectivity index (χ0v) is 13.0. The molecule has 0 saturated heterocycles. The van der Waals surface area contributed by atoms with Gasteiger partial charge in [0.2, 0.25) is 5.91 Å². The fourth-order valence-corrected chi connectivity index (χ4v) is 2.60. The first-order valence-electron chi connectivity index (χ1n) is 6.44. The Balaban J connectivity index is 1.88. The summed E-state index contributed by atoms with van der Waals surface area (Å²) < 4.78 is 14.7. The molecule has 0 aliphatic carbocycles. The van der Waals surface area contributed by atoms with Gasteiger partial charge >= 0.3 is 0 Å². The van der Waals surface area contributed by atoms with Crippen LogP contribution in [0.5, 0.6) is 0 Å². The summed E-state index contributed by atoms with van der Waals surface area (Å²) in [6.45, 7) is 2.32. The number of benzene rings is 1. The van der Waals surface area contributed by atoms with E-state index in [0.717, 1.165) is 16.5 Å². The number of aromatic nitrogens is 3. The molecular formula is C14H17FN4OS. The van der Waals surface area contributed by atoms with Crippen molar-refractivity contribution < 1.29 is 9.18 Å². The van der Waals surface area contributed by atoms with Gasteiger partial charge in [-0.05, 0) is 24.6 Å². The van der Waals surface area contributed by atoms with E-state index in [0.29, 0.717) is 12.3 Å². The largest absolute Gasteiger partial charge is 0.341 e. The minimum atomic E-state index is -0.277. The number of nitrogens with zero attached hydrogens (tertiary/aromatic N) is 4. The fourth-order valence-electron chi connectivity index (χ4n) is 1.70. The van der Waals surface area contributed by atoms with E-state index in [1.54, 1.807) is 24.1 Å². The molecule has 1 aromatic heterocycles. The van der Waals surface area contributed by atoms with Crippen molar-refractivity contribution in [3.05, 3.63) is 41.5 Å². The van der Waals surface area contributed by atoms with E-state index in [2.05, 4.69) is 10.2 Å². The van der Waals surface area contributed by atoms with Gasteiger partial charge in [0.15, 0.2) is 5.16 Å². The van der Waals surface area contributed by atoms with Crippen LogP contribution in [0.2, 0.25) is 0 Å². The lowest BCUT2D eigenvalue weighted by Gasteiger charge is -2.16. The number of hydrogen-bond donors (Lipinski definition) is 0. The third-order valence-corrected chi connectivity index (χ3v) is 4.14. The van der Waals surface area contributed by atoms with Crippen LogP contribution in [-0.2, 0) is 18.4 Å². The Kier molecular flexibility index (Phi) is 4.95. The molecular weight excluding hydrogens is 291 g/mol. The van der Waals surface area contributed by atoms with Gasteiger partial charge in [0.05, 0.1) is 5.75 Å². The summed E-state index contributed by atoms with van der Waals surface area (Å²) in [4.78, 5) is 13.7. The molecule has 5 nitrogen and oxygen atoms in total. The Morgan fingerprint density at radius 2 is 2.00 bits per heavy atom. The van der Waals surface area contributed by atoms with Crippen LogP contribution >= 0.6 is 11.8 Å². The van der Waals surface area contributed by atoms with Crippen molar-refractivity contribution in [2.45, 2.75) is 18.6 Å². The molecule has 0 aliphatic rings. The van der Waals surface area contributed by atoms with Crippen molar-refractivity contribution >= 4 is 17.7 Å². The number of aryl methyl sites for hydroxylation is 1. The molecule has 112 valence electrons.